The normalized spacial score (nSPS) is 22.0. The summed E-state index contributed by atoms with van der Waals surface area (Å²) in [5, 5.41) is 9.19. The summed E-state index contributed by atoms with van der Waals surface area (Å²) in [5.41, 5.74) is 2.64. The number of nitrogens with one attached hydrogen (secondary N) is 1. The molecule has 0 aromatic carbocycles. The lowest BCUT2D eigenvalue weighted by Crippen LogP contribution is -2.28. The highest BCUT2D eigenvalue weighted by Crippen LogP contribution is 2.30. The van der Waals surface area contributed by atoms with Gasteiger partial charge in [-0.15, -0.1) is 11.3 Å². The standard InChI is InChI=1S/C12H14N2S/c1-2-9(6-13-4-1)10-3-5-14-12-8-15-7-11(10)12/h3,5,7-9,13H,1-2,4,6H2. The molecule has 1 N–H and O–H groups in total. The summed E-state index contributed by atoms with van der Waals surface area (Å²) in [6.07, 6.45) is 4.54. The molecule has 0 radical (unpaired) electrons. The second-order valence-electron chi connectivity index (χ2n) is 4.11. The number of hydrogen-bond acceptors (Lipinski definition) is 3. The van der Waals surface area contributed by atoms with Crippen molar-refractivity contribution in [2.45, 2.75) is 18.8 Å². The van der Waals surface area contributed by atoms with Crippen LogP contribution in [0.15, 0.2) is 23.0 Å². The molecule has 3 heteroatoms. The van der Waals surface area contributed by atoms with Gasteiger partial charge in [0.2, 0.25) is 0 Å². The summed E-state index contributed by atoms with van der Waals surface area (Å²) < 4.78 is 0. The Labute approximate surface area is 93.3 Å². The van der Waals surface area contributed by atoms with Crippen LogP contribution in [0.4, 0.5) is 0 Å². The van der Waals surface area contributed by atoms with Crippen molar-refractivity contribution < 1.29 is 0 Å². The number of aromatic nitrogens is 1. The Bertz CT molecular complexity index is 457. The lowest BCUT2D eigenvalue weighted by molar-refractivity contribution is 0.463. The van der Waals surface area contributed by atoms with E-state index in [0.717, 1.165) is 12.1 Å². The van der Waals surface area contributed by atoms with Crippen molar-refractivity contribution in [1.82, 2.24) is 10.3 Å². The van der Waals surface area contributed by atoms with E-state index in [9.17, 15) is 0 Å². The van der Waals surface area contributed by atoms with Gasteiger partial charge in [0.15, 0.2) is 0 Å². The van der Waals surface area contributed by atoms with E-state index in [1.807, 2.05) is 6.20 Å². The van der Waals surface area contributed by atoms with E-state index >= 15 is 0 Å². The van der Waals surface area contributed by atoms with E-state index < -0.39 is 0 Å². The number of hydrogen-bond donors (Lipinski definition) is 1. The summed E-state index contributed by atoms with van der Waals surface area (Å²) in [4.78, 5) is 4.39. The van der Waals surface area contributed by atoms with Gasteiger partial charge in [-0.05, 0) is 36.9 Å². The van der Waals surface area contributed by atoms with E-state index in [0.29, 0.717) is 5.92 Å². The Morgan fingerprint density at radius 3 is 3.27 bits per heavy atom. The fourth-order valence-corrected chi connectivity index (χ4v) is 3.14. The highest BCUT2D eigenvalue weighted by Gasteiger charge is 2.17. The van der Waals surface area contributed by atoms with Gasteiger partial charge in [0.05, 0.1) is 5.52 Å². The number of nitrogens with zero attached hydrogens (tertiary/aromatic N) is 1. The van der Waals surface area contributed by atoms with E-state index in [1.165, 1.54) is 30.3 Å². The molecule has 1 aliphatic heterocycles. The van der Waals surface area contributed by atoms with Gasteiger partial charge in [0, 0.05) is 28.9 Å². The van der Waals surface area contributed by atoms with Crippen LogP contribution in [0.3, 0.4) is 0 Å². The summed E-state index contributed by atoms with van der Waals surface area (Å²) >= 11 is 1.75. The van der Waals surface area contributed by atoms with Crippen LogP contribution in [0.25, 0.3) is 10.9 Å². The molecule has 3 rings (SSSR count). The van der Waals surface area contributed by atoms with E-state index in [1.54, 1.807) is 11.3 Å². The van der Waals surface area contributed by atoms with Gasteiger partial charge in [0.25, 0.3) is 0 Å². The SMILES string of the molecule is c1cc(C2CCCNC2)c2cscc2n1. The number of rotatable bonds is 1. The molecule has 1 saturated heterocycles. The zero-order valence-electron chi connectivity index (χ0n) is 8.57. The molecule has 15 heavy (non-hydrogen) atoms. The number of thiophene rings is 1. The Balaban J connectivity index is 2.05. The van der Waals surface area contributed by atoms with Crippen LogP contribution in [0.1, 0.15) is 24.3 Å². The minimum atomic E-state index is 0.679. The zero-order valence-corrected chi connectivity index (χ0v) is 9.39. The van der Waals surface area contributed by atoms with Gasteiger partial charge in [0.1, 0.15) is 0 Å². The number of piperidine rings is 1. The van der Waals surface area contributed by atoms with Crippen LogP contribution in [0, 0.1) is 0 Å². The average Bonchev–Trinajstić information content (AvgIpc) is 2.78. The molecule has 1 aliphatic rings. The summed E-state index contributed by atoms with van der Waals surface area (Å²) in [6, 6.07) is 2.19. The highest BCUT2D eigenvalue weighted by atomic mass is 32.1. The molecule has 1 unspecified atom stereocenters. The summed E-state index contributed by atoms with van der Waals surface area (Å²) in [6.45, 7) is 2.29. The monoisotopic (exact) mass is 218 g/mol. The maximum Gasteiger partial charge on any atom is 0.0811 e. The van der Waals surface area contributed by atoms with Crippen LogP contribution in [-0.2, 0) is 0 Å². The Morgan fingerprint density at radius 2 is 2.40 bits per heavy atom. The number of pyridine rings is 1. The fraction of sp³-hybridized carbons (Fsp3) is 0.417. The average molecular weight is 218 g/mol. The lowest BCUT2D eigenvalue weighted by Gasteiger charge is -2.23. The van der Waals surface area contributed by atoms with Gasteiger partial charge in [-0.25, -0.2) is 0 Å². The van der Waals surface area contributed by atoms with Crippen molar-refractivity contribution in [2.75, 3.05) is 13.1 Å². The number of fused-ring (bicyclic) bond motifs is 1. The molecule has 1 fully saturated rings. The maximum atomic E-state index is 4.39. The summed E-state index contributed by atoms with van der Waals surface area (Å²) in [5.74, 6) is 0.679. The van der Waals surface area contributed by atoms with Crippen LogP contribution < -0.4 is 5.32 Å². The first-order chi connectivity index (χ1) is 7.45. The van der Waals surface area contributed by atoms with Crippen LogP contribution in [0.5, 0.6) is 0 Å². The molecular weight excluding hydrogens is 204 g/mol. The zero-order chi connectivity index (χ0) is 10.1. The van der Waals surface area contributed by atoms with Gasteiger partial charge < -0.3 is 5.32 Å². The first-order valence-electron chi connectivity index (χ1n) is 5.46. The fourth-order valence-electron chi connectivity index (χ4n) is 2.37. The second-order valence-corrected chi connectivity index (χ2v) is 4.86. The third-order valence-corrected chi connectivity index (χ3v) is 3.89. The minimum absolute atomic E-state index is 0.679. The molecule has 0 amide bonds. The van der Waals surface area contributed by atoms with E-state index in [2.05, 4.69) is 27.1 Å². The molecule has 3 heterocycles. The second kappa shape index (κ2) is 3.91. The predicted octanol–water partition coefficient (Wildman–Crippen LogP) is 2.76. The molecule has 1 atom stereocenters. The molecule has 2 aromatic rings. The highest BCUT2D eigenvalue weighted by molar-refractivity contribution is 7.09. The Hall–Kier alpha value is -0.930. The maximum absolute atomic E-state index is 4.39. The van der Waals surface area contributed by atoms with Gasteiger partial charge >= 0.3 is 0 Å². The molecule has 78 valence electrons. The summed E-state index contributed by atoms with van der Waals surface area (Å²) in [7, 11) is 0. The van der Waals surface area contributed by atoms with Crippen molar-refractivity contribution in [3.8, 4) is 0 Å². The molecular formula is C12H14N2S. The first kappa shape index (κ1) is 9.31. The van der Waals surface area contributed by atoms with Crippen molar-refractivity contribution in [3.63, 3.8) is 0 Å². The molecule has 2 nitrogen and oxygen atoms in total. The predicted molar refractivity (Wildman–Crippen MR) is 64.5 cm³/mol. The smallest absolute Gasteiger partial charge is 0.0811 e. The third kappa shape index (κ3) is 1.66. The third-order valence-electron chi connectivity index (χ3n) is 3.16. The quantitative estimate of drug-likeness (QED) is 0.796. The van der Waals surface area contributed by atoms with Crippen LogP contribution in [-0.4, -0.2) is 18.1 Å². The topological polar surface area (TPSA) is 24.9 Å². The van der Waals surface area contributed by atoms with Gasteiger partial charge in [-0.2, -0.15) is 0 Å². The van der Waals surface area contributed by atoms with Crippen molar-refractivity contribution in [3.05, 3.63) is 28.6 Å². The molecule has 0 aliphatic carbocycles. The molecule has 0 spiro atoms. The van der Waals surface area contributed by atoms with Crippen molar-refractivity contribution >= 4 is 22.2 Å². The van der Waals surface area contributed by atoms with E-state index in [4.69, 9.17) is 0 Å². The minimum Gasteiger partial charge on any atom is -0.316 e. The molecule has 0 bridgehead atoms. The van der Waals surface area contributed by atoms with E-state index in [-0.39, 0.29) is 0 Å². The van der Waals surface area contributed by atoms with Crippen molar-refractivity contribution in [1.29, 1.82) is 0 Å². The molecule has 2 aromatic heterocycles. The van der Waals surface area contributed by atoms with Gasteiger partial charge in [-0.1, -0.05) is 0 Å². The first-order valence-corrected chi connectivity index (χ1v) is 6.41. The Kier molecular flexibility index (Phi) is 2.43. The van der Waals surface area contributed by atoms with Gasteiger partial charge in [-0.3, -0.25) is 4.98 Å². The lowest BCUT2D eigenvalue weighted by atomic mass is 9.90. The van der Waals surface area contributed by atoms with Crippen LogP contribution in [0.2, 0.25) is 0 Å². The van der Waals surface area contributed by atoms with Crippen LogP contribution >= 0.6 is 11.3 Å². The van der Waals surface area contributed by atoms with Crippen molar-refractivity contribution in [2.24, 2.45) is 0 Å². The largest absolute Gasteiger partial charge is 0.316 e. The Morgan fingerprint density at radius 1 is 1.40 bits per heavy atom. The molecule has 0 saturated carbocycles.